The average Bonchev–Trinajstić information content (AvgIpc) is 2.29. The molecule has 1 N–H and O–H groups in total. The molecule has 0 radical (unpaired) electrons. The number of benzene rings is 1. The number of methoxy groups -OCH3 is 1. The number of carbonyl (C=O) groups excluding carboxylic acids is 1. The summed E-state index contributed by atoms with van der Waals surface area (Å²) in [4.78, 5) is 11.9. The lowest BCUT2D eigenvalue weighted by Crippen LogP contribution is -2.39. The summed E-state index contributed by atoms with van der Waals surface area (Å²) in [5.74, 6) is 0.520. The zero-order chi connectivity index (χ0) is 13.4. The molecule has 0 aliphatic rings. The Labute approximate surface area is 113 Å². The summed E-state index contributed by atoms with van der Waals surface area (Å²) in [6.45, 7) is 2.51. The van der Waals surface area contributed by atoms with Gasteiger partial charge in [-0.1, -0.05) is 29.8 Å². The molecular formula is C14H20ClNO2. The second kappa shape index (κ2) is 8.11. The average molecular weight is 270 g/mol. The van der Waals surface area contributed by atoms with Crippen LogP contribution in [0.25, 0.3) is 0 Å². The van der Waals surface area contributed by atoms with E-state index in [9.17, 15) is 4.79 Å². The van der Waals surface area contributed by atoms with Gasteiger partial charge in [-0.3, -0.25) is 4.79 Å². The van der Waals surface area contributed by atoms with Gasteiger partial charge in [0.25, 0.3) is 0 Å². The summed E-state index contributed by atoms with van der Waals surface area (Å²) in [5.41, 5.74) is 2.18. The molecule has 0 saturated heterocycles. The SMILES string of the molecule is COCC(CCCl)NC(=O)Cc1cccc(C)c1. The quantitative estimate of drug-likeness (QED) is 0.772. The molecule has 18 heavy (non-hydrogen) atoms. The van der Waals surface area contributed by atoms with Crippen LogP contribution in [0.2, 0.25) is 0 Å². The molecule has 0 aliphatic carbocycles. The number of ether oxygens (including phenoxy) is 1. The Morgan fingerprint density at radius 1 is 1.50 bits per heavy atom. The summed E-state index contributed by atoms with van der Waals surface area (Å²) in [7, 11) is 1.62. The number of carbonyl (C=O) groups is 1. The Bertz CT molecular complexity index is 376. The molecule has 0 heterocycles. The van der Waals surface area contributed by atoms with Crippen LogP contribution in [0.4, 0.5) is 0 Å². The summed E-state index contributed by atoms with van der Waals surface area (Å²) in [6.07, 6.45) is 1.11. The van der Waals surface area contributed by atoms with Gasteiger partial charge in [-0.15, -0.1) is 11.6 Å². The minimum Gasteiger partial charge on any atom is -0.383 e. The number of halogens is 1. The molecule has 4 heteroatoms. The highest BCUT2D eigenvalue weighted by Crippen LogP contribution is 2.05. The van der Waals surface area contributed by atoms with E-state index >= 15 is 0 Å². The molecule has 1 amide bonds. The van der Waals surface area contributed by atoms with Gasteiger partial charge in [0.05, 0.1) is 19.1 Å². The maximum atomic E-state index is 11.9. The van der Waals surface area contributed by atoms with Crippen LogP contribution in [0.5, 0.6) is 0 Å². The van der Waals surface area contributed by atoms with Gasteiger partial charge in [-0.25, -0.2) is 0 Å². The van der Waals surface area contributed by atoms with Gasteiger partial charge in [0.1, 0.15) is 0 Å². The first-order valence-corrected chi connectivity index (χ1v) is 6.59. The van der Waals surface area contributed by atoms with E-state index in [0.717, 1.165) is 17.5 Å². The minimum absolute atomic E-state index is 0.00719. The molecule has 1 aromatic rings. The number of alkyl halides is 1. The molecular weight excluding hydrogens is 250 g/mol. The van der Waals surface area contributed by atoms with Crippen molar-refractivity contribution in [3.05, 3.63) is 35.4 Å². The number of nitrogens with one attached hydrogen (secondary N) is 1. The van der Waals surface area contributed by atoms with Crippen LogP contribution in [0.15, 0.2) is 24.3 Å². The number of hydrogen-bond acceptors (Lipinski definition) is 2. The van der Waals surface area contributed by atoms with Gasteiger partial charge in [0.15, 0.2) is 0 Å². The van der Waals surface area contributed by atoms with E-state index in [1.165, 1.54) is 0 Å². The van der Waals surface area contributed by atoms with E-state index in [0.29, 0.717) is 18.9 Å². The Morgan fingerprint density at radius 2 is 2.28 bits per heavy atom. The van der Waals surface area contributed by atoms with E-state index in [2.05, 4.69) is 5.32 Å². The third kappa shape index (κ3) is 5.52. The van der Waals surface area contributed by atoms with Crippen LogP contribution in [-0.2, 0) is 16.0 Å². The molecule has 1 unspecified atom stereocenters. The van der Waals surface area contributed by atoms with E-state index < -0.39 is 0 Å². The Hall–Kier alpha value is -1.06. The van der Waals surface area contributed by atoms with Crippen LogP contribution in [0.3, 0.4) is 0 Å². The lowest BCUT2D eigenvalue weighted by Gasteiger charge is -2.16. The first kappa shape index (κ1) is 15.0. The maximum absolute atomic E-state index is 11.9. The Balaban J connectivity index is 2.49. The van der Waals surface area contributed by atoms with Gasteiger partial charge in [0, 0.05) is 13.0 Å². The maximum Gasteiger partial charge on any atom is 0.224 e. The molecule has 0 spiro atoms. The molecule has 100 valence electrons. The van der Waals surface area contributed by atoms with Crippen LogP contribution < -0.4 is 5.32 Å². The van der Waals surface area contributed by atoms with Gasteiger partial charge in [0.2, 0.25) is 5.91 Å². The van der Waals surface area contributed by atoms with Crippen molar-refractivity contribution in [3.8, 4) is 0 Å². The van der Waals surface area contributed by atoms with Crippen LogP contribution in [-0.4, -0.2) is 31.5 Å². The minimum atomic E-state index is -0.00944. The Kier molecular flexibility index (Phi) is 6.76. The smallest absolute Gasteiger partial charge is 0.224 e. The number of hydrogen-bond donors (Lipinski definition) is 1. The molecule has 0 fully saturated rings. The monoisotopic (exact) mass is 269 g/mol. The molecule has 0 aliphatic heterocycles. The van der Waals surface area contributed by atoms with Crippen molar-refractivity contribution in [2.75, 3.05) is 19.6 Å². The van der Waals surface area contributed by atoms with E-state index in [1.54, 1.807) is 7.11 Å². The molecule has 1 rings (SSSR count). The fourth-order valence-electron chi connectivity index (χ4n) is 1.82. The molecule has 0 bridgehead atoms. The van der Waals surface area contributed by atoms with Crippen LogP contribution in [0.1, 0.15) is 17.5 Å². The highest BCUT2D eigenvalue weighted by molar-refractivity contribution is 6.17. The predicted octanol–water partition coefficient (Wildman–Crippen LogP) is 2.30. The lowest BCUT2D eigenvalue weighted by atomic mass is 10.1. The van der Waals surface area contributed by atoms with Crippen molar-refractivity contribution in [1.29, 1.82) is 0 Å². The van der Waals surface area contributed by atoms with E-state index in [4.69, 9.17) is 16.3 Å². The largest absolute Gasteiger partial charge is 0.383 e. The topological polar surface area (TPSA) is 38.3 Å². The number of rotatable bonds is 7. The van der Waals surface area contributed by atoms with Gasteiger partial charge < -0.3 is 10.1 Å². The fourth-order valence-corrected chi connectivity index (χ4v) is 2.08. The van der Waals surface area contributed by atoms with E-state index in [1.807, 2.05) is 31.2 Å². The van der Waals surface area contributed by atoms with Gasteiger partial charge >= 0.3 is 0 Å². The second-order valence-corrected chi connectivity index (χ2v) is 4.74. The van der Waals surface area contributed by atoms with Gasteiger partial charge in [-0.2, -0.15) is 0 Å². The highest BCUT2D eigenvalue weighted by atomic mass is 35.5. The molecule has 1 aromatic carbocycles. The Morgan fingerprint density at radius 3 is 2.89 bits per heavy atom. The summed E-state index contributed by atoms with van der Waals surface area (Å²) in [6, 6.07) is 7.95. The van der Waals surface area contributed by atoms with Crippen LogP contribution in [0, 0.1) is 6.92 Å². The third-order valence-corrected chi connectivity index (χ3v) is 2.86. The second-order valence-electron chi connectivity index (χ2n) is 4.36. The van der Waals surface area contributed by atoms with Crippen molar-refractivity contribution >= 4 is 17.5 Å². The normalized spacial score (nSPS) is 12.2. The first-order valence-electron chi connectivity index (χ1n) is 6.05. The van der Waals surface area contributed by atoms with Crippen molar-refractivity contribution in [3.63, 3.8) is 0 Å². The van der Waals surface area contributed by atoms with Crippen molar-refractivity contribution in [1.82, 2.24) is 5.32 Å². The number of amides is 1. The standard InChI is InChI=1S/C14H20ClNO2/c1-11-4-3-5-12(8-11)9-14(17)16-13(6-7-15)10-18-2/h3-5,8,13H,6-7,9-10H2,1-2H3,(H,16,17). The molecule has 1 atom stereocenters. The van der Waals surface area contributed by atoms with E-state index in [-0.39, 0.29) is 11.9 Å². The first-order chi connectivity index (χ1) is 8.65. The van der Waals surface area contributed by atoms with Gasteiger partial charge in [-0.05, 0) is 18.9 Å². The van der Waals surface area contributed by atoms with Crippen molar-refractivity contribution in [2.45, 2.75) is 25.8 Å². The number of aryl methyl sites for hydroxylation is 1. The fraction of sp³-hybridized carbons (Fsp3) is 0.500. The molecule has 3 nitrogen and oxygen atoms in total. The zero-order valence-electron chi connectivity index (χ0n) is 10.9. The molecule has 0 aromatic heterocycles. The van der Waals surface area contributed by atoms with Crippen LogP contribution >= 0.6 is 11.6 Å². The predicted molar refractivity (Wildman–Crippen MR) is 74.0 cm³/mol. The summed E-state index contributed by atoms with van der Waals surface area (Å²) in [5, 5.41) is 2.94. The van der Waals surface area contributed by atoms with Crippen molar-refractivity contribution in [2.24, 2.45) is 0 Å². The third-order valence-electron chi connectivity index (χ3n) is 2.64. The zero-order valence-corrected chi connectivity index (χ0v) is 11.7. The lowest BCUT2D eigenvalue weighted by molar-refractivity contribution is -0.121. The molecule has 0 saturated carbocycles. The summed E-state index contributed by atoms with van der Waals surface area (Å²) < 4.78 is 5.05. The highest BCUT2D eigenvalue weighted by Gasteiger charge is 2.11. The van der Waals surface area contributed by atoms with Crippen molar-refractivity contribution < 1.29 is 9.53 Å². The summed E-state index contributed by atoms with van der Waals surface area (Å²) >= 11 is 5.69.